The van der Waals surface area contributed by atoms with Gasteiger partial charge >= 0.3 is 6.01 Å². The molecule has 0 saturated carbocycles. The lowest BCUT2D eigenvalue weighted by Crippen LogP contribution is -2.20. The van der Waals surface area contributed by atoms with E-state index in [1.54, 1.807) is 48.5 Å². The van der Waals surface area contributed by atoms with Crippen LogP contribution in [0.25, 0.3) is 0 Å². The van der Waals surface area contributed by atoms with Crippen LogP contribution in [-0.4, -0.2) is 22.5 Å². The molecule has 0 spiro atoms. The van der Waals surface area contributed by atoms with Crippen molar-refractivity contribution in [1.82, 2.24) is 9.97 Å². The number of hydrogen-bond acceptors (Lipinski definition) is 5. The van der Waals surface area contributed by atoms with Crippen LogP contribution in [-0.2, 0) is 4.79 Å². The first-order valence-electron chi connectivity index (χ1n) is 8.26. The van der Waals surface area contributed by atoms with Crippen molar-refractivity contribution in [3.63, 3.8) is 0 Å². The topological polar surface area (TPSA) is 73.3 Å². The van der Waals surface area contributed by atoms with Crippen LogP contribution in [0.4, 0.5) is 5.69 Å². The Kier molecular flexibility index (Phi) is 5.88. The number of nitrogens with one attached hydrogen (secondary N) is 1. The van der Waals surface area contributed by atoms with Gasteiger partial charge in [-0.05, 0) is 56.3 Å². The number of carbonyl (C=O) groups excluding carboxylic acids is 1. The molecule has 0 aliphatic heterocycles. The number of carbonyl (C=O) groups is 1. The number of anilines is 1. The fourth-order valence-corrected chi connectivity index (χ4v) is 2.48. The van der Waals surface area contributed by atoms with E-state index in [2.05, 4.69) is 15.3 Å². The van der Waals surface area contributed by atoms with Crippen molar-refractivity contribution in [1.29, 1.82) is 0 Å². The standard InChI is InChI=1S/C20H18ClN3O3/c1-13-10-14(2)23-20(22-13)27-18-5-3-4-16(11-18)24-19(25)12-26-17-8-6-15(21)7-9-17/h3-11H,12H2,1-2H3,(H,24,25). The Morgan fingerprint density at radius 1 is 1.00 bits per heavy atom. The average molecular weight is 384 g/mol. The molecule has 7 heteroatoms. The largest absolute Gasteiger partial charge is 0.484 e. The third-order valence-electron chi connectivity index (χ3n) is 3.47. The van der Waals surface area contributed by atoms with E-state index in [1.807, 2.05) is 19.9 Å². The number of aromatic nitrogens is 2. The molecular formula is C20H18ClN3O3. The number of ether oxygens (including phenoxy) is 2. The fourth-order valence-electron chi connectivity index (χ4n) is 2.36. The fraction of sp³-hybridized carbons (Fsp3) is 0.150. The summed E-state index contributed by atoms with van der Waals surface area (Å²) < 4.78 is 11.1. The molecule has 0 unspecified atom stereocenters. The van der Waals surface area contributed by atoms with Crippen LogP contribution in [0.1, 0.15) is 11.4 Å². The third kappa shape index (κ3) is 5.69. The minimum Gasteiger partial charge on any atom is -0.484 e. The highest BCUT2D eigenvalue weighted by atomic mass is 35.5. The predicted molar refractivity (Wildman–Crippen MR) is 104 cm³/mol. The minimum atomic E-state index is -0.287. The normalized spacial score (nSPS) is 10.3. The Hall–Kier alpha value is -3.12. The van der Waals surface area contributed by atoms with Crippen molar-refractivity contribution in [2.75, 3.05) is 11.9 Å². The summed E-state index contributed by atoms with van der Waals surface area (Å²) >= 11 is 5.82. The Bertz CT molecular complexity index is 925. The Balaban J connectivity index is 1.59. The second kappa shape index (κ2) is 8.51. The van der Waals surface area contributed by atoms with Gasteiger partial charge in [0.2, 0.25) is 0 Å². The van der Waals surface area contributed by atoms with Crippen LogP contribution < -0.4 is 14.8 Å². The number of hydrogen-bond donors (Lipinski definition) is 1. The summed E-state index contributed by atoms with van der Waals surface area (Å²) in [5, 5.41) is 3.37. The first-order valence-corrected chi connectivity index (χ1v) is 8.64. The van der Waals surface area contributed by atoms with Crippen LogP contribution in [0.3, 0.4) is 0 Å². The molecule has 1 amide bonds. The first kappa shape index (κ1) is 18.7. The Labute approximate surface area is 162 Å². The van der Waals surface area contributed by atoms with Gasteiger partial charge < -0.3 is 14.8 Å². The summed E-state index contributed by atoms with van der Waals surface area (Å²) in [6.45, 7) is 3.63. The molecule has 1 heterocycles. The number of nitrogens with zero attached hydrogens (tertiary/aromatic N) is 2. The molecule has 0 radical (unpaired) electrons. The van der Waals surface area contributed by atoms with E-state index >= 15 is 0 Å². The lowest BCUT2D eigenvalue weighted by molar-refractivity contribution is -0.118. The van der Waals surface area contributed by atoms with Crippen LogP contribution in [0, 0.1) is 13.8 Å². The van der Waals surface area contributed by atoms with E-state index in [0.29, 0.717) is 22.2 Å². The van der Waals surface area contributed by atoms with Gasteiger partial charge in [0.15, 0.2) is 6.61 Å². The smallest absolute Gasteiger partial charge is 0.322 e. The lowest BCUT2D eigenvalue weighted by atomic mass is 10.3. The van der Waals surface area contributed by atoms with Crippen molar-refractivity contribution in [2.45, 2.75) is 13.8 Å². The molecule has 0 saturated heterocycles. The molecule has 6 nitrogen and oxygen atoms in total. The van der Waals surface area contributed by atoms with Crippen molar-refractivity contribution >= 4 is 23.2 Å². The van der Waals surface area contributed by atoms with Crippen molar-refractivity contribution < 1.29 is 14.3 Å². The van der Waals surface area contributed by atoms with E-state index in [9.17, 15) is 4.79 Å². The maximum atomic E-state index is 12.1. The molecule has 2 aromatic carbocycles. The Morgan fingerprint density at radius 2 is 1.70 bits per heavy atom. The molecule has 27 heavy (non-hydrogen) atoms. The maximum absolute atomic E-state index is 12.1. The second-order valence-electron chi connectivity index (χ2n) is 5.85. The number of halogens is 1. The molecule has 0 fully saturated rings. The van der Waals surface area contributed by atoms with E-state index in [4.69, 9.17) is 21.1 Å². The average Bonchev–Trinajstić information content (AvgIpc) is 2.61. The molecule has 0 aliphatic carbocycles. The molecule has 3 aromatic rings. The molecule has 1 aromatic heterocycles. The quantitative estimate of drug-likeness (QED) is 0.675. The van der Waals surface area contributed by atoms with Crippen molar-refractivity contribution in [3.05, 3.63) is 71.0 Å². The predicted octanol–water partition coefficient (Wildman–Crippen LogP) is 4.56. The zero-order valence-corrected chi connectivity index (χ0v) is 15.7. The molecular weight excluding hydrogens is 366 g/mol. The van der Waals surface area contributed by atoms with Gasteiger partial charge in [-0.15, -0.1) is 0 Å². The van der Waals surface area contributed by atoms with Crippen LogP contribution in [0.5, 0.6) is 17.5 Å². The number of rotatable bonds is 6. The summed E-state index contributed by atoms with van der Waals surface area (Å²) in [4.78, 5) is 20.6. The van der Waals surface area contributed by atoms with Crippen LogP contribution in [0.15, 0.2) is 54.6 Å². The zero-order chi connectivity index (χ0) is 19.2. The first-order chi connectivity index (χ1) is 13.0. The van der Waals surface area contributed by atoms with Gasteiger partial charge in [-0.3, -0.25) is 4.79 Å². The van der Waals surface area contributed by atoms with Gasteiger partial charge in [0.05, 0.1) is 0 Å². The Morgan fingerprint density at radius 3 is 2.41 bits per heavy atom. The van der Waals surface area contributed by atoms with E-state index in [-0.39, 0.29) is 18.5 Å². The second-order valence-corrected chi connectivity index (χ2v) is 6.29. The highest BCUT2D eigenvalue weighted by molar-refractivity contribution is 6.30. The third-order valence-corrected chi connectivity index (χ3v) is 3.72. The van der Waals surface area contributed by atoms with E-state index in [0.717, 1.165) is 11.4 Å². The highest BCUT2D eigenvalue weighted by Gasteiger charge is 2.07. The molecule has 1 N–H and O–H groups in total. The summed E-state index contributed by atoms with van der Waals surface area (Å²) in [5.41, 5.74) is 2.23. The SMILES string of the molecule is Cc1cc(C)nc(Oc2cccc(NC(=O)COc3ccc(Cl)cc3)c2)n1. The molecule has 0 aliphatic rings. The van der Waals surface area contributed by atoms with Crippen molar-refractivity contribution in [3.8, 4) is 17.5 Å². The monoisotopic (exact) mass is 383 g/mol. The maximum Gasteiger partial charge on any atom is 0.322 e. The number of benzene rings is 2. The van der Waals surface area contributed by atoms with Gasteiger partial charge in [-0.1, -0.05) is 17.7 Å². The minimum absolute atomic E-state index is 0.118. The van der Waals surface area contributed by atoms with E-state index in [1.165, 1.54) is 0 Å². The lowest BCUT2D eigenvalue weighted by Gasteiger charge is -2.09. The highest BCUT2D eigenvalue weighted by Crippen LogP contribution is 2.22. The molecule has 0 atom stereocenters. The molecule has 138 valence electrons. The van der Waals surface area contributed by atoms with Gasteiger partial charge in [-0.25, -0.2) is 9.97 Å². The summed E-state index contributed by atoms with van der Waals surface area (Å²) in [6.07, 6.45) is 0. The van der Waals surface area contributed by atoms with E-state index < -0.39 is 0 Å². The zero-order valence-electron chi connectivity index (χ0n) is 14.9. The number of aryl methyl sites for hydroxylation is 2. The molecule has 3 rings (SSSR count). The van der Waals surface area contributed by atoms with Gasteiger partial charge in [0, 0.05) is 28.2 Å². The summed E-state index contributed by atoms with van der Waals surface area (Å²) in [5.74, 6) is 0.805. The van der Waals surface area contributed by atoms with Crippen molar-refractivity contribution in [2.24, 2.45) is 0 Å². The van der Waals surface area contributed by atoms with Gasteiger partial charge in [-0.2, -0.15) is 0 Å². The summed E-state index contributed by atoms with van der Waals surface area (Å²) in [7, 11) is 0. The van der Waals surface area contributed by atoms with Crippen LogP contribution in [0.2, 0.25) is 5.02 Å². The van der Waals surface area contributed by atoms with Gasteiger partial charge in [0.25, 0.3) is 5.91 Å². The number of amides is 1. The van der Waals surface area contributed by atoms with Crippen LogP contribution >= 0.6 is 11.6 Å². The summed E-state index contributed by atoms with van der Waals surface area (Å²) in [6, 6.07) is 15.9. The van der Waals surface area contributed by atoms with Gasteiger partial charge in [0.1, 0.15) is 11.5 Å². The molecule has 0 bridgehead atoms.